The topological polar surface area (TPSA) is 64.2 Å². The molecule has 1 aromatic heterocycles. The third-order valence-corrected chi connectivity index (χ3v) is 5.05. The molecule has 3 aromatic rings. The highest BCUT2D eigenvalue weighted by molar-refractivity contribution is 5.84. The van der Waals surface area contributed by atoms with E-state index in [4.69, 9.17) is 5.73 Å². The van der Waals surface area contributed by atoms with E-state index < -0.39 is 0 Å². The number of aryl methyl sites for hydroxylation is 3. The summed E-state index contributed by atoms with van der Waals surface area (Å²) in [5.74, 6) is 0.333. The van der Waals surface area contributed by atoms with Crippen molar-refractivity contribution in [3.05, 3.63) is 76.0 Å². The van der Waals surface area contributed by atoms with Crippen LogP contribution in [-0.4, -0.2) is 16.2 Å². The molecule has 4 nitrogen and oxygen atoms in total. The number of nitrogens with zero attached hydrogens (tertiary/aromatic N) is 3. The Labute approximate surface area is 153 Å². The van der Waals surface area contributed by atoms with Crippen molar-refractivity contribution in [2.75, 3.05) is 5.73 Å². The van der Waals surface area contributed by atoms with Crippen LogP contribution in [0.5, 0.6) is 0 Å². The van der Waals surface area contributed by atoms with Crippen molar-refractivity contribution in [2.24, 2.45) is 4.99 Å². The zero-order chi connectivity index (χ0) is 18.1. The van der Waals surface area contributed by atoms with Gasteiger partial charge in [0.2, 0.25) is 5.95 Å². The number of hydrogen-bond donors (Lipinski definition) is 1. The molecule has 2 N–H and O–H groups in total. The first-order chi connectivity index (χ1) is 12.6. The van der Waals surface area contributed by atoms with Gasteiger partial charge < -0.3 is 5.73 Å². The molecule has 0 bridgehead atoms. The fourth-order valence-corrected chi connectivity index (χ4v) is 3.39. The van der Waals surface area contributed by atoms with Crippen LogP contribution in [0.15, 0.2) is 47.5 Å². The van der Waals surface area contributed by atoms with E-state index in [1.54, 1.807) is 0 Å². The number of fused-ring (bicyclic) bond motifs is 1. The minimum atomic E-state index is 0.333. The Morgan fingerprint density at radius 2 is 1.88 bits per heavy atom. The molecular formula is C22H22N4. The third kappa shape index (κ3) is 3.23. The Hall–Kier alpha value is -3.01. The molecule has 0 aliphatic carbocycles. The first-order valence-corrected chi connectivity index (χ1v) is 8.92. The summed E-state index contributed by atoms with van der Waals surface area (Å²) < 4.78 is 0. The summed E-state index contributed by atoms with van der Waals surface area (Å²) >= 11 is 0. The summed E-state index contributed by atoms with van der Waals surface area (Å²) in [6, 6.07) is 14.9. The number of anilines is 1. The van der Waals surface area contributed by atoms with Gasteiger partial charge in [-0.2, -0.15) is 0 Å². The molecule has 1 aliphatic heterocycles. The van der Waals surface area contributed by atoms with E-state index in [2.05, 4.69) is 71.3 Å². The van der Waals surface area contributed by atoms with E-state index in [0.717, 1.165) is 36.3 Å². The quantitative estimate of drug-likeness (QED) is 0.777. The second kappa shape index (κ2) is 6.71. The maximum absolute atomic E-state index is 5.99. The molecule has 0 saturated carbocycles. The lowest BCUT2D eigenvalue weighted by molar-refractivity contribution is 0.905. The highest BCUT2D eigenvalue weighted by atomic mass is 15.0. The van der Waals surface area contributed by atoms with Crippen molar-refractivity contribution in [3.8, 4) is 11.3 Å². The molecule has 0 atom stereocenters. The summed E-state index contributed by atoms with van der Waals surface area (Å²) in [7, 11) is 0. The predicted octanol–water partition coefficient (Wildman–Crippen LogP) is 4.06. The SMILES string of the molecule is Cc1cccc(-c2cc(CCc3ccc4c(c3)C=NC4)nc(N)n2)c1C. The van der Waals surface area contributed by atoms with Gasteiger partial charge >= 0.3 is 0 Å². The van der Waals surface area contributed by atoms with E-state index in [1.807, 2.05) is 6.21 Å². The Bertz CT molecular complexity index is 1010. The highest BCUT2D eigenvalue weighted by Gasteiger charge is 2.10. The van der Waals surface area contributed by atoms with Crippen molar-refractivity contribution >= 4 is 12.2 Å². The van der Waals surface area contributed by atoms with Crippen LogP contribution >= 0.6 is 0 Å². The van der Waals surface area contributed by atoms with Crippen LogP contribution in [0, 0.1) is 13.8 Å². The molecule has 0 radical (unpaired) electrons. The van der Waals surface area contributed by atoms with Gasteiger partial charge in [0.15, 0.2) is 0 Å². The first kappa shape index (κ1) is 16.5. The number of rotatable bonds is 4. The summed E-state index contributed by atoms with van der Waals surface area (Å²) in [5.41, 5.74) is 15.3. The average Bonchev–Trinajstić information content (AvgIpc) is 3.09. The number of aliphatic imine (C=N–C) groups is 1. The third-order valence-electron chi connectivity index (χ3n) is 5.05. The molecule has 0 amide bonds. The Morgan fingerprint density at radius 1 is 1.00 bits per heavy atom. The second-order valence-corrected chi connectivity index (χ2v) is 6.85. The lowest BCUT2D eigenvalue weighted by Gasteiger charge is -2.10. The van der Waals surface area contributed by atoms with E-state index in [0.29, 0.717) is 5.95 Å². The van der Waals surface area contributed by atoms with Crippen LogP contribution < -0.4 is 5.73 Å². The summed E-state index contributed by atoms with van der Waals surface area (Å²) in [6.45, 7) is 5.04. The number of benzene rings is 2. The molecule has 4 rings (SSSR count). The van der Waals surface area contributed by atoms with Gasteiger partial charge in [-0.05, 0) is 66.6 Å². The summed E-state index contributed by atoms with van der Waals surface area (Å²) in [5, 5.41) is 0. The monoisotopic (exact) mass is 342 g/mol. The van der Waals surface area contributed by atoms with Gasteiger partial charge in [0, 0.05) is 17.5 Å². The van der Waals surface area contributed by atoms with Crippen LogP contribution in [0.3, 0.4) is 0 Å². The summed E-state index contributed by atoms with van der Waals surface area (Å²) in [4.78, 5) is 13.2. The fraction of sp³-hybridized carbons (Fsp3) is 0.227. The maximum Gasteiger partial charge on any atom is 0.220 e. The number of hydrogen-bond acceptors (Lipinski definition) is 4. The van der Waals surface area contributed by atoms with Crippen molar-refractivity contribution in [3.63, 3.8) is 0 Å². The number of aromatic nitrogens is 2. The molecule has 1 aliphatic rings. The Balaban J connectivity index is 1.58. The van der Waals surface area contributed by atoms with E-state index in [1.165, 1.54) is 27.8 Å². The lowest BCUT2D eigenvalue weighted by atomic mass is 9.99. The Morgan fingerprint density at radius 3 is 2.77 bits per heavy atom. The van der Waals surface area contributed by atoms with Crippen molar-refractivity contribution in [1.29, 1.82) is 0 Å². The summed E-state index contributed by atoms with van der Waals surface area (Å²) in [6.07, 6.45) is 3.71. The molecule has 0 unspecified atom stereocenters. The van der Waals surface area contributed by atoms with Gasteiger partial charge in [-0.1, -0.05) is 30.3 Å². The minimum absolute atomic E-state index is 0.333. The average molecular weight is 342 g/mol. The smallest absolute Gasteiger partial charge is 0.220 e. The van der Waals surface area contributed by atoms with Gasteiger partial charge in [0.05, 0.1) is 12.2 Å². The zero-order valence-corrected chi connectivity index (χ0v) is 15.2. The molecule has 2 heterocycles. The van der Waals surface area contributed by atoms with Crippen LogP contribution in [0.25, 0.3) is 11.3 Å². The fourth-order valence-electron chi connectivity index (χ4n) is 3.39. The van der Waals surface area contributed by atoms with Gasteiger partial charge in [-0.3, -0.25) is 4.99 Å². The maximum atomic E-state index is 5.99. The van der Waals surface area contributed by atoms with Crippen LogP contribution in [0.4, 0.5) is 5.95 Å². The molecular weight excluding hydrogens is 320 g/mol. The standard InChI is InChI=1S/C22H22N4/c1-14-4-3-5-20(15(14)2)21-11-19(25-22(23)26-21)9-7-16-6-8-17-12-24-13-18(17)10-16/h3-6,8,10-11,13H,7,9,12H2,1-2H3,(H2,23,25,26). The molecule has 26 heavy (non-hydrogen) atoms. The van der Waals surface area contributed by atoms with E-state index >= 15 is 0 Å². The molecule has 0 saturated heterocycles. The Kier molecular flexibility index (Phi) is 4.25. The largest absolute Gasteiger partial charge is 0.368 e. The van der Waals surface area contributed by atoms with Crippen molar-refractivity contribution < 1.29 is 0 Å². The van der Waals surface area contributed by atoms with Gasteiger partial charge in [-0.25, -0.2) is 9.97 Å². The van der Waals surface area contributed by atoms with E-state index in [-0.39, 0.29) is 0 Å². The number of nitrogen functional groups attached to an aromatic ring is 1. The van der Waals surface area contributed by atoms with Gasteiger partial charge in [-0.15, -0.1) is 0 Å². The molecule has 130 valence electrons. The minimum Gasteiger partial charge on any atom is -0.368 e. The number of nitrogens with two attached hydrogens (primary N) is 1. The zero-order valence-electron chi connectivity index (χ0n) is 15.2. The normalized spacial score (nSPS) is 12.4. The predicted molar refractivity (Wildman–Crippen MR) is 107 cm³/mol. The van der Waals surface area contributed by atoms with Crippen LogP contribution in [-0.2, 0) is 19.4 Å². The molecule has 0 fully saturated rings. The molecule has 2 aromatic carbocycles. The highest BCUT2D eigenvalue weighted by Crippen LogP contribution is 2.25. The van der Waals surface area contributed by atoms with Crippen LogP contribution in [0.1, 0.15) is 33.5 Å². The van der Waals surface area contributed by atoms with Crippen LogP contribution in [0.2, 0.25) is 0 Å². The molecule has 4 heteroatoms. The van der Waals surface area contributed by atoms with Crippen molar-refractivity contribution in [1.82, 2.24) is 9.97 Å². The van der Waals surface area contributed by atoms with E-state index in [9.17, 15) is 0 Å². The van der Waals surface area contributed by atoms with Gasteiger partial charge in [0.1, 0.15) is 0 Å². The molecule has 0 spiro atoms. The first-order valence-electron chi connectivity index (χ1n) is 8.92. The lowest BCUT2D eigenvalue weighted by Crippen LogP contribution is -2.03. The van der Waals surface area contributed by atoms with Crippen molar-refractivity contribution in [2.45, 2.75) is 33.2 Å². The van der Waals surface area contributed by atoms with Gasteiger partial charge in [0.25, 0.3) is 0 Å². The second-order valence-electron chi connectivity index (χ2n) is 6.85.